The molecule has 2 aromatic rings. The van der Waals surface area contributed by atoms with Crippen LogP contribution in [0, 0.1) is 6.92 Å². The van der Waals surface area contributed by atoms with Gasteiger partial charge in [0.15, 0.2) is 6.10 Å². The Morgan fingerprint density at radius 1 is 1.42 bits per heavy atom. The van der Waals surface area contributed by atoms with Gasteiger partial charge in [-0.2, -0.15) is 0 Å². The molecule has 0 saturated carbocycles. The van der Waals surface area contributed by atoms with Crippen LogP contribution in [0.2, 0.25) is 5.02 Å². The summed E-state index contributed by atoms with van der Waals surface area (Å²) in [6.45, 7) is 3.48. The van der Waals surface area contributed by atoms with Gasteiger partial charge >= 0.3 is 0 Å². The Labute approximate surface area is 157 Å². The van der Waals surface area contributed by atoms with Crippen molar-refractivity contribution in [1.29, 1.82) is 0 Å². The Morgan fingerprint density at radius 2 is 2.19 bits per heavy atom. The van der Waals surface area contributed by atoms with Crippen LogP contribution < -0.4 is 4.74 Å². The monoisotopic (exact) mass is 375 g/mol. The number of ether oxygens (including phenoxy) is 1. The molecular formula is C19H22ClN3O3. The van der Waals surface area contributed by atoms with Crippen LogP contribution in [-0.4, -0.2) is 50.3 Å². The van der Waals surface area contributed by atoms with Crippen molar-refractivity contribution in [2.45, 2.75) is 44.4 Å². The number of hydrogen-bond donors (Lipinski definition) is 1. The number of likely N-dealkylation sites (tertiary alicyclic amines) is 1. The second kappa shape index (κ2) is 6.59. The molecule has 0 aliphatic carbocycles. The third kappa shape index (κ3) is 3.31. The maximum atomic E-state index is 12.8. The lowest BCUT2D eigenvalue weighted by atomic mass is 9.91. The number of hydrogen-bond acceptors (Lipinski definition) is 4. The zero-order valence-corrected chi connectivity index (χ0v) is 15.4. The number of aromatic nitrogens is 2. The van der Waals surface area contributed by atoms with Gasteiger partial charge in [-0.05, 0) is 43.5 Å². The molecule has 1 fully saturated rings. The number of piperidine rings is 1. The van der Waals surface area contributed by atoms with Crippen molar-refractivity contribution in [2.24, 2.45) is 0 Å². The van der Waals surface area contributed by atoms with Crippen LogP contribution in [-0.2, 0) is 17.8 Å². The van der Waals surface area contributed by atoms with Crippen LogP contribution >= 0.6 is 11.6 Å². The largest absolute Gasteiger partial charge is 0.480 e. The summed E-state index contributed by atoms with van der Waals surface area (Å²) in [4.78, 5) is 18.8. The van der Waals surface area contributed by atoms with Crippen LogP contribution in [0.15, 0.2) is 30.6 Å². The standard InChI is InChI=1S/C19H22ClN3O3/c1-13-21-6-9-23(13)12-19(25)4-7-22(8-5-19)18(24)17-11-14-10-15(20)2-3-16(14)26-17/h2-3,6,9-10,17,25H,4-5,7-8,11-12H2,1H3/t17-/m1/s1. The lowest BCUT2D eigenvalue weighted by molar-refractivity contribution is -0.142. The van der Waals surface area contributed by atoms with Crippen molar-refractivity contribution < 1.29 is 14.6 Å². The molecule has 2 aliphatic rings. The number of aryl methyl sites for hydroxylation is 1. The summed E-state index contributed by atoms with van der Waals surface area (Å²) in [5, 5.41) is 11.5. The number of carbonyl (C=O) groups is 1. The van der Waals surface area contributed by atoms with E-state index in [1.54, 1.807) is 17.2 Å². The van der Waals surface area contributed by atoms with E-state index in [0.717, 1.165) is 17.1 Å². The minimum absolute atomic E-state index is 0.0156. The van der Waals surface area contributed by atoms with Gasteiger partial charge in [0.1, 0.15) is 11.6 Å². The van der Waals surface area contributed by atoms with Gasteiger partial charge in [0.25, 0.3) is 5.91 Å². The van der Waals surface area contributed by atoms with Gasteiger partial charge in [0.2, 0.25) is 0 Å². The highest BCUT2D eigenvalue weighted by molar-refractivity contribution is 6.30. The first-order valence-electron chi connectivity index (χ1n) is 8.87. The van der Waals surface area contributed by atoms with E-state index in [9.17, 15) is 9.90 Å². The number of aliphatic hydroxyl groups is 1. The Hall–Kier alpha value is -2.05. The molecule has 1 amide bonds. The molecule has 0 radical (unpaired) electrons. The van der Waals surface area contributed by atoms with Gasteiger partial charge in [0, 0.05) is 36.9 Å². The van der Waals surface area contributed by atoms with E-state index >= 15 is 0 Å². The topological polar surface area (TPSA) is 67.6 Å². The summed E-state index contributed by atoms with van der Waals surface area (Å²) in [6, 6.07) is 5.44. The van der Waals surface area contributed by atoms with Crippen molar-refractivity contribution >= 4 is 17.5 Å². The number of amides is 1. The molecule has 26 heavy (non-hydrogen) atoms. The zero-order chi connectivity index (χ0) is 18.3. The fourth-order valence-electron chi connectivity index (χ4n) is 3.75. The van der Waals surface area contributed by atoms with E-state index in [0.29, 0.717) is 43.9 Å². The van der Waals surface area contributed by atoms with Gasteiger partial charge in [-0.1, -0.05) is 11.6 Å². The smallest absolute Gasteiger partial charge is 0.263 e. The van der Waals surface area contributed by atoms with Crippen LogP contribution in [0.25, 0.3) is 0 Å². The Morgan fingerprint density at radius 3 is 2.88 bits per heavy atom. The molecule has 0 spiro atoms. The third-order valence-corrected chi connectivity index (χ3v) is 5.60. The maximum absolute atomic E-state index is 12.8. The fraction of sp³-hybridized carbons (Fsp3) is 0.474. The van der Waals surface area contributed by atoms with Crippen LogP contribution in [0.3, 0.4) is 0 Å². The molecule has 6 nitrogen and oxygen atoms in total. The van der Waals surface area contributed by atoms with E-state index in [4.69, 9.17) is 16.3 Å². The van der Waals surface area contributed by atoms with Gasteiger partial charge in [-0.3, -0.25) is 4.79 Å². The number of fused-ring (bicyclic) bond motifs is 1. The van der Waals surface area contributed by atoms with Crippen molar-refractivity contribution in [2.75, 3.05) is 13.1 Å². The lowest BCUT2D eigenvalue weighted by Crippen LogP contribution is -2.51. The van der Waals surface area contributed by atoms with E-state index in [1.165, 1.54) is 0 Å². The average Bonchev–Trinajstić information content (AvgIpc) is 3.21. The van der Waals surface area contributed by atoms with E-state index < -0.39 is 11.7 Å². The molecule has 1 saturated heterocycles. The SMILES string of the molecule is Cc1nccn1CC1(O)CCN(C(=O)[C@H]2Cc3cc(Cl)ccc3O2)CC1. The number of rotatable bonds is 3. The summed E-state index contributed by atoms with van der Waals surface area (Å²) in [6.07, 6.45) is 4.75. The second-order valence-corrected chi connectivity index (χ2v) is 7.65. The van der Waals surface area contributed by atoms with Crippen molar-refractivity contribution in [1.82, 2.24) is 14.5 Å². The predicted molar refractivity (Wildman–Crippen MR) is 97.3 cm³/mol. The number of benzene rings is 1. The molecule has 1 N–H and O–H groups in total. The first-order chi connectivity index (χ1) is 12.4. The maximum Gasteiger partial charge on any atom is 0.263 e. The Bertz CT molecular complexity index is 827. The van der Waals surface area contributed by atoms with Crippen molar-refractivity contribution in [3.05, 3.63) is 47.0 Å². The molecule has 7 heteroatoms. The minimum atomic E-state index is -0.810. The van der Waals surface area contributed by atoms with Crippen molar-refractivity contribution in [3.8, 4) is 5.75 Å². The molecule has 0 bridgehead atoms. The summed E-state index contributed by atoms with van der Waals surface area (Å²) >= 11 is 6.01. The number of halogens is 1. The first kappa shape index (κ1) is 17.4. The van der Waals surface area contributed by atoms with E-state index in [1.807, 2.05) is 29.8 Å². The van der Waals surface area contributed by atoms with E-state index in [2.05, 4.69) is 4.98 Å². The summed E-state index contributed by atoms with van der Waals surface area (Å²) in [7, 11) is 0. The molecule has 0 unspecified atom stereocenters. The molecule has 3 heterocycles. The number of nitrogens with zero attached hydrogens (tertiary/aromatic N) is 3. The summed E-state index contributed by atoms with van der Waals surface area (Å²) < 4.78 is 7.76. The minimum Gasteiger partial charge on any atom is -0.480 e. The molecule has 2 aliphatic heterocycles. The normalized spacial score (nSPS) is 21.3. The van der Waals surface area contributed by atoms with E-state index in [-0.39, 0.29) is 5.91 Å². The van der Waals surface area contributed by atoms with Gasteiger partial charge in [0.05, 0.1) is 12.1 Å². The van der Waals surface area contributed by atoms with Crippen LogP contribution in [0.4, 0.5) is 0 Å². The Balaban J connectivity index is 1.36. The fourth-order valence-corrected chi connectivity index (χ4v) is 3.94. The molecular weight excluding hydrogens is 354 g/mol. The highest BCUT2D eigenvalue weighted by Gasteiger charge is 2.38. The highest BCUT2D eigenvalue weighted by atomic mass is 35.5. The first-order valence-corrected chi connectivity index (χ1v) is 9.25. The zero-order valence-electron chi connectivity index (χ0n) is 14.7. The second-order valence-electron chi connectivity index (χ2n) is 7.21. The molecule has 138 valence electrons. The molecule has 4 rings (SSSR count). The van der Waals surface area contributed by atoms with Gasteiger partial charge < -0.3 is 19.3 Å². The predicted octanol–water partition coefficient (Wildman–Crippen LogP) is 2.20. The molecule has 1 aromatic carbocycles. The summed E-state index contributed by atoms with van der Waals surface area (Å²) in [5.41, 5.74) is 0.162. The van der Waals surface area contributed by atoms with Gasteiger partial charge in [-0.25, -0.2) is 4.98 Å². The quantitative estimate of drug-likeness (QED) is 0.893. The highest BCUT2D eigenvalue weighted by Crippen LogP contribution is 2.33. The number of imidazole rings is 1. The van der Waals surface area contributed by atoms with Gasteiger partial charge in [-0.15, -0.1) is 0 Å². The lowest BCUT2D eigenvalue weighted by Gasteiger charge is -2.39. The number of carbonyl (C=O) groups excluding carboxylic acids is 1. The van der Waals surface area contributed by atoms with Crippen molar-refractivity contribution in [3.63, 3.8) is 0 Å². The Kier molecular flexibility index (Phi) is 4.40. The average molecular weight is 376 g/mol. The summed E-state index contributed by atoms with van der Waals surface area (Å²) in [5.74, 6) is 1.60. The molecule has 1 aromatic heterocycles. The van der Waals surface area contributed by atoms with Crippen LogP contribution in [0.5, 0.6) is 5.75 Å². The van der Waals surface area contributed by atoms with Crippen LogP contribution in [0.1, 0.15) is 24.2 Å². The third-order valence-electron chi connectivity index (χ3n) is 5.37. The molecule has 1 atom stereocenters.